The molecule has 0 unspecified atom stereocenters. The van der Waals surface area contributed by atoms with Gasteiger partial charge >= 0.3 is 5.97 Å². The van der Waals surface area contributed by atoms with Crippen LogP contribution in [0.4, 0.5) is 0 Å². The SMILES string of the molecule is CCOC(=O)Cc1nnc2cc(OC(C)C)ccc2n1. The molecule has 0 saturated carbocycles. The van der Waals surface area contributed by atoms with Crippen LogP contribution in [-0.4, -0.2) is 33.9 Å². The Morgan fingerprint density at radius 2 is 2.05 bits per heavy atom. The van der Waals surface area contributed by atoms with Gasteiger partial charge in [-0.1, -0.05) is 0 Å². The lowest BCUT2D eigenvalue weighted by Gasteiger charge is -2.09. The van der Waals surface area contributed by atoms with Gasteiger partial charge in [0.05, 0.1) is 18.2 Å². The van der Waals surface area contributed by atoms with E-state index in [1.807, 2.05) is 19.9 Å². The molecular formula is C14H17N3O3. The summed E-state index contributed by atoms with van der Waals surface area (Å²) in [6.45, 7) is 6.01. The molecule has 0 atom stereocenters. The minimum Gasteiger partial charge on any atom is -0.491 e. The number of ether oxygens (including phenoxy) is 2. The fourth-order valence-electron chi connectivity index (χ4n) is 1.71. The monoisotopic (exact) mass is 275 g/mol. The third kappa shape index (κ3) is 3.63. The van der Waals surface area contributed by atoms with Crippen molar-refractivity contribution in [2.75, 3.05) is 6.61 Å². The van der Waals surface area contributed by atoms with E-state index in [1.165, 1.54) is 0 Å². The molecule has 1 aromatic heterocycles. The fraction of sp³-hybridized carbons (Fsp3) is 0.429. The number of carbonyl (C=O) groups is 1. The van der Waals surface area contributed by atoms with Crippen LogP contribution in [0.1, 0.15) is 26.6 Å². The molecule has 0 aliphatic heterocycles. The van der Waals surface area contributed by atoms with E-state index in [2.05, 4.69) is 15.2 Å². The summed E-state index contributed by atoms with van der Waals surface area (Å²) < 4.78 is 10.4. The lowest BCUT2D eigenvalue weighted by molar-refractivity contribution is -0.142. The number of esters is 1. The van der Waals surface area contributed by atoms with Crippen LogP contribution in [0.5, 0.6) is 5.75 Å². The Hall–Kier alpha value is -2.24. The van der Waals surface area contributed by atoms with Crippen molar-refractivity contribution in [3.05, 3.63) is 24.0 Å². The first kappa shape index (κ1) is 14.2. The van der Waals surface area contributed by atoms with Gasteiger partial charge in [-0.15, -0.1) is 10.2 Å². The molecule has 6 nitrogen and oxygen atoms in total. The maximum atomic E-state index is 11.4. The van der Waals surface area contributed by atoms with Crippen molar-refractivity contribution in [3.63, 3.8) is 0 Å². The molecule has 0 fully saturated rings. The van der Waals surface area contributed by atoms with Gasteiger partial charge in [0, 0.05) is 6.07 Å². The summed E-state index contributed by atoms with van der Waals surface area (Å²) in [5.41, 5.74) is 1.31. The molecule has 20 heavy (non-hydrogen) atoms. The maximum Gasteiger partial charge on any atom is 0.313 e. The molecule has 6 heteroatoms. The Morgan fingerprint density at radius 3 is 2.75 bits per heavy atom. The first-order valence-corrected chi connectivity index (χ1v) is 6.54. The van der Waals surface area contributed by atoms with Crippen molar-refractivity contribution in [2.24, 2.45) is 0 Å². The molecule has 1 heterocycles. The number of hydrogen-bond acceptors (Lipinski definition) is 6. The van der Waals surface area contributed by atoms with E-state index in [0.29, 0.717) is 23.5 Å². The van der Waals surface area contributed by atoms with Crippen LogP contribution in [-0.2, 0) is 16.0 Å². The molecule has 0 N–H and O–H groups in total. The summed E-state index contributed by atoms with van der Waals surface area (Å²) in [6, 6.07) is 5.41. The van der Waals surface area contributed by atoms with E-state index in [9.17, 15) is 4.79 Å². The van der Waals surface area contributed by atoms with Crippen LogP contribution < -0.4 is 4.74 Å². The second kappa shape index (κ2) is 6.27. The Kier molecular flexibility index (Phi) is 4.45. The van der Waals surface area contributed by atoms with E-state index in [0.717, 1.165) is 5.75 Å². The van der Waals surface area contributed by atoms with E-state index in [4.69, 9.17) is 9.47 Å². The number of nitrogens with zero attached hydrogens (tertiary/aromatic N) is 3. The second-order valence-electron chi connectivity index (χ2n) is 4.53. The summed E-state index contributed by atoms with van der Waals surface area (Å²) in [7, 11) is 0. The molecule has 0 amide bonds. The third-order valence-electron chi connectivity index (χ3n) is 2.45. The standard InChI is InChI=1S/C14H17N3O3/c1-4-19-14(18)8-13-15-11-6-5-10(20-9(2)3)7-12(11)16-17-13/h5-7,9H,4,8H2,1-3H3. The highest BCUT2D eigenvalue weighted by Gasteiger charge is 2.09. The Balaban J connectivity index is 2.20. The van der Waals surface area contributed by atoms with Gasteiger partial charge in [-0.25, -0.2) is 4.98 Å². The smallest absolute Gasteiger partial charge is 0.313 e. The number of aromatic nitrogens is 3. The molecule has 0 spiro atoms. The van der Waals surface area contributed by atoms with Crippen LogP contribution in [0.15, 0.2) is 18.2 Å². The van der Waals surface area contributed by atoms with Crippen molar-refractivity contribution in [3.8, 4) is 5.75 Å². The average Bonchev–Trinajstić information content (AvgIpc) is 2.38. The molecular weight excluding hydrogens is 258 g/mol. The minimum atomic E-state index is -0.353. The molecule has 0 saturated heterocycles. The normalized spacial score (nSPS) is 10.8. The molecule has 0 radical (unpaired) electrons. The van der Waals surface area contributed by atoms with Crippen molar-refractivity contribution in [2.45, 2.75) is 33.3 Å². The number of rotatable bonds is 5. The van der Waals surface area contributed by atoms with Crippen LogP contribution in [0.2, 0.25) is 0 Å². The van der Waals surface area contributed by atoms with Gasteiger partial charge in [0.1, 0.15) is 17.7 Å². The molecule has 0 bridgehead atoms. The van der Waals surface area contributed by atoms with Crippen molar-refractivity contribution < 1.29 is 14.3 Å². The molecule has 2 rings (SSSR count). The van der Waals surface area contributed by atoms with E-state index in [-0.39, 0.29) is 18.5 Å². The highest BCUT2D eigenvalue weighted by molar-refractivity contribution is 5.76. The van der Waals surface area contributed by atoms with Gasteiger partial charge in [0.25, 0.3) is 0 Å². The Labute approximate surface area is 117 Å². The second-order valence-corrected chi connectivity index (χ2v) is 4.53. The molecule has 0 aliphatic carbocycles. The zero-order valence-corrected chi connectivity index (χ0v) is 11.8. The van der Waals surface area contributed by atoms with Gasteiger partial charge in [-0.05, 0) is 32.9 Å². The summed E-state index contributed by atoms with van der Waals surface area (Å²) in [4.78, 5) is 15.7. The van der Waals surface area contributed by atoms with Crippen LogP contribution in [0.3, 0.4) is 0 Å². The molecule has 2 aromatic rings. The summed E-state index contributed by atoms with van der Waals surface area (Å²) in [5, 5.41) is 7.99. The van der Waals surface area contributed by atoms with Crippen molar-refractivity contribution >= 4 is 17.0 Å². The molecule has 1 aromatic carbocycles. The predicted molar refractivity (Wildman–Crippen MR) is 73.4 cm³/mol. The van der Waals surface area contributed by atoms with Crippen LogP contribution in [0.25, 0.3) is 11.0 Å². The van der Waals surface area contributed by atoms with E-state index >= 15 is 0 Å². The number of hydrogen-bond donors (Lipinski definition) is 0. The van der Waals surface area contributed by atoms with Crippen molar-refractivity contribution in [1.29, 1.82) is 0 Å². The highest BCUT2D eigenvalue weighted by Crippen LogP contribution is 2.18. The van der Waals surface area contributed by atoms with E-state index in [1.54, 1.807) is 19.1 Å². The first-order chi connectivity index (χ1) is 9.58. The number of fused-ring (bicyclic) bond motifs is 1. The van der Waals surface area contributed by atoms with Gasteiger partial charge in [-0.2, -0.15) is 0 Å². The van der Waals surface area contributed by atoms with Crippen LogP contribution >= 0.6 is 0 Å². The molecule has 0 aliphatic rings. The van der Waals surface area contributed by atoms with Gasteiger partial charge in [0.2, 0.25) is 0 Å². The Morgan fingerprint density at radius 1 is 1.25 bits per heavy atom. The van der Waals surface area contributed by atoms with Gasteiger partial charge in [0.15, 0.2) is 5.82 Å². The van der Waals surface area contributed by atoms with Gasteiger partial charge < -0.3 is 9.47 Å². The summed E-state index contributed by atoms with van der Waals surface area (Å²) in [6.07, 6.45) is 0.123. The maximum absolute atomic E-state index is 11.4. The zero-order chi connectivity index (χ0) is 14.5. The lowest BCUT2D eigenvalue weighted by atomic mass is 10.3. The largest absolute Gasteiger partial charge is 0.491 e. The minimum absolute atomic E-state index is 0.0288. The summed E-state index contributed by atoms with van der Waals surface area (Å²) in [5.74, 6) is 0.726. The lowest BCUT2D eigenvalue weighted by Crippen LogP contribution is -2.11. The predicted octanol–water partition coefficient (Wildman–Crippen LogP) is 1.92. The zero-order valence-electron chi connectivity index (χ0n) is 11.8. The number of carbonyl (C=O) groups excluding carboxylic acids is 1. The Bertz CT molecular complexity index is 614. The third-order valence-corrected chi connectivity index (χ3v) is 2.45. The number of benzene rings is 1. The van der Waals surface area contributed by atoms with Gasteiger partial charge in [-0.3, -0.25) is 4.79 Å². The van der Waals surface area contributed by atoms with Crippen molar-refractivity contribution in [1.82, 2.24) is 15.2 Å². The average molecular weight is 275 g/mol. The topological polar surface area (TPSA) is 74.2 Å². The van der Waals surface area contributed by atoms with E-state index < -0.39 is 0 Å². The highest BCUT2D eigenvalue weighted by atomic mass is 16.5. The first-order valence-electron chi connectivity index (χ1n) is 6.54. The quantitative estimate of drug-likeness (QED) is 0.776. The molecule has 106 valence electrons. The summed E-state index contributed by atoms with van der Waals surface area (Å²) >= 11 is 0. The fourth-order valence-corrected chi connectivity index (χ4v) is 1.71. The van der Waals surface area contributed by atoms with Crippen LogP contribution in [0, 0.1) is 0 Å².